The van der Waals surface area contributed by atoms with Gasteiger partial charge in [0.15, 0.2) is 0 Å². The fourth-order valence-electron chi connectivity index (χ4n) is 3.36. The zero-order valence-corrected chi connectivity index (χ0v) is 18.8. The van der Waals surface area contributed by atoms with Crippen LogP contribution in [0.15, 0.2) is 42.5 Å². The Morgan fingerprint density at radius 1 is 1.13 bits per heavy atom. The summed E-state index contributed by atoms with van der Waals surface area (Å²) < 4.78 is 11.3. The van der Waals surface area contributed by atoms with Crippen molar-refractivity contribution in [3.63, 3.8) is 0 Å². The number of anilines is 3. The van der Waals surface area contributed by atoms with Crippen molar-refractivity contribution in [3.8, 4) is 11.5 Å². The van der Waals surface area contributed by atoms with Gasteiger partial charge in [-0.3, -0.25) is 4.79 Å². The fourth-order valence-corrected chi connectivity index (χ4v) is 3.36. The number of nitrogens with zero attached hydrogens (tertiary/aromatic N) is 1. The van der Waals surface area contributed by atoms with Gasteiger partial charge in [0.1, 0.15) is 18.1 Å². The maximum atomic E-state index is 13.2. The molecule has 3 rings (SSSR count). The minimum atomic E-state index is -0.632. The van der Waals surface area contributed by atoms with E-state index in [0.717, 1.165) is 5.75 Å². The Hall–Kier alpha value is -3.22. The van der Waals surface area contributed by atoms with E-state index in [1.807, 2.05) is 20.8 Å². The van der Waals surface area contributed by atoms with Crippen LogP contribution in [0.2, 0.25) is 0 Å². The van der Waals surface area contributed by atoms with E-state index in [9.17, 15) is 9.59 Å². The summed E-state index contributed by atoms with van der Waals surface area (Å²) in [6, 6.07) is 12.1. The molecule has 2 N–H and O–H groups in total. The summed E-state index contributed by atoms with van der Waals surface area (Å²) in [7, 11) is 0. The third-order valence-electron chi connectivity index (χ3n) is 4.89. The molecule has 7 heteroatoms. The SMILES string of the molecule is CCOc1ccc(NC(=O)Nc2ccc3c(c2)N(CC(C)C)C(=O)C(C)(C)CO3)cc1. The number of amides is 3. The maximum absolute atomic E-state index is 13.2. The predicted molar refractivity (Wildman–Crippen MR) is 123 cm³/mol. The van der Waals surface area contributed by atoms with Crippen LogP contribution in [0.25, 0.3) is 0 Å². The van der Waals surface area contributed by atoms with Gasteiger partial charge in [-0.2, -0.15) is 0 Å². The van der Waals surface area contributed by atoms with Gasteiger partial charge in [0.25, 0.3) is 0 Å². The van der Waals surface area contributed by atoms with Crippen LogP contribution >= 0.6 is 0 Å². The minimum absolute atomic E-state index is 0.0101. The molecule has 166 valence electrons. The van der Waals surface area contributed by atoms with Gasteiger partial charge in [0.05, 0.1) is 17.7 Å². The molecule has 0 spiro atoms. The Balaban J connectivity index is 1.78. The summed E-state index contributed by atoms with van der Waals surface area (Å²) in [6.45, 7) is 11.3. The van der Waals surface area contributed by atoms with Crippen molar-refractivity contribution in [1.82, 2.24) is 0 Å². The molecule has 2 aromatic carbocycles. The van der Waals surface area contributed by atoms with Crippen LogP contribution in [0.4, 0.5) is 21.9 Å². The first-order valence-electron chi connectivity index (χ1n) is 10.6. The first-order chi connectivity index (χ1) is 14.7. The third-order valence-corrected chi connectivity index (χ3v) is 4.89. The van der Waals surface area contributed by atoms with Gasteiger partial charge in [0.2, 0.25) is 5.91 Å². The van der Waals surface area contributed by atoms with Gasteiger partial charge in [0, 0.05) is 17.9 Å². The first kappa shape index (κ1) is 22.5. The first-order valence-corrected chi connectivity index (χ1v) is 10.6. The highest BCUT2D eigenvalue weighted by atomic mass is 16.5. The van der Waals surface area contributed by atoms with Crippen LogP contribution in [0, 0.1) is 11.3 Å². The molecule has 7 nitrogen and oxygen atoms in total. The van der Waals surface area contributed by atoms with E-state index in [1.165, 1.54) is 0 Å². The topological polar surface area (TPSA) is 79.9 Å². The van der Waals surface area contributed by atoms with Crippen molar-refractivity contribution < 1.29 is 19.1 Å². The van der Waals surface area contributed by atoms with Gasteiger partial charge < -0.3 is 25.0 Å². The summed E-state index contributed by atoms with van der Waals surface area (Å²) in [5.74, 6) is 1.68. The average Bonchev–Trinajstić information content (AvgIpc) is 2.80. The molecule has 0 aliphatic carbocycles. The van der Waals surface area contributed by atoms with Crippen LogP contribution in [-0.4, -0.2) is 31.7 Å². The quantitative estimate of drug-likeness (QED) is 0.672. The van der Waals surface area contributed by atoms with Crippen molar-refractivity contribution in [3.05, 3.63) is 42.5 Å². The summed E-state index contributed by atoms with van der Waals surface area (Å²) in [5, 5.41) is 5.64. The zero-order chi connectivity index (χ0) is 22.6. The van der Waals surface area contributed by atoms with Crippen molar-refractivity contribution in [2.75, 3.05) is 35.3 Å². The molecular formula is C24H31N3O4. The molecular weight excluding hydrogens is 394 g/mol. The molecule has 1 aliphatic heterocycles. The lowest BCUT2D eigenvalue weighted by Crippen LogP contribution is -2.43. The van der Waals surface area contributed by atoms with Gasteiger partial charge in [-0.25, -0.2) is 4.79 Å². The average molecular weight is 426 g/mol. The molecule has 0 saturated carbocycles. The van der Waals surface area contributed by atoms with Gasteiger partial charge >= 0.3 is 6.03 Å². The van der Waals surface area contributed by atoms with Crippen LogP contribution < -0.4 is 25.0 Å². The second-order valence-corrected chi connectivity index (χ2v) is 8.70. The van der Waals surface area contributed by atoms with E-state index in [1.54, 1.807) is 47.4 Å². The zero-order valence-electron chi connectivity index (χ0n) is 18.8. The predicted octanol–water partition coefficient (Wildman–Crippen LogP) is 5.14. The van der Waals surface area contributed by atoms with E-state index < -0.39 is 5.41 Å². The maximum Gasteiger partial charge on any atom is 0.323 e. The number of hydrogen-bond donors (Lipinski definition) is 2. The van der Waals surface area contributed by atoms with E-state index in [-0.39, 0.29) is 17.9 Å². The smallest absolute Gasteiger partial charge is 0.323 e. The number of hydrogen-bond acceptors (Lipinski definition) is 4. The molecule has 1 aliphatic rings. The molecule has 1 heterocycles. The van der Waals surface area contributed by atoms with Crippen LogP contribution in [0.3, 0.4) is 0 Å². The summed E-state index contributed by atoms with van der Waals surface area (Å²) in [5.41, 5.74) is 1.26. The fraction of sp³-hybridized carbons (Fsp3) is 0.417. The molecule has 0 atom stereocenters. The third kappa shape index (κ3) is 5.48. The molecule has 0 fully saturated rings. The standard InChI is InChI=1S/C24H31N3O4/c1-6-30-19-10-7-17(8-11-19)25-23(29)26-18-9-12-21-20(13-18)27(14-16(2)3)22(28)24(4,5)15-31-21/h7-13,16H,6,14-15H2,1-5H3,(H2,25,26,29). The van der Waals surface area contributed by atoms with E-state index in [4.69, 9.17) is 9.47 Å². The molecule has 0 aromatic heterocycles. The highest BCUT2D eigenvalue weighted by molar-refractivity contribution is 6.02. The lowest BCUT2D eigenvalue weighted by Gasteiger charge is -2.29. The number of fused-ring (bicyclic) bond motifs is 1. The highest BCUT2D eigenvalue weighted by Gasteiger charge is 2.38. The van der Waals surface area contributed by atoms with Crippen molar-refractivity contribution in [2.24, 2.45) is 11.3 Å². The number of ether oxygens (including phenoxy) is 2. The highest BCUT2D eigenvalue weighted by Crippen LogP contribution is 2.38. The number of urea groups is 1. The summed E-state index contributed by atoms with van der Waals surface area (Å²) >= 11 is 0. The van der Waals surface area contributed by atoms with Gasteiger partial charge in [-0.05, 0) is 69.2 Å². The van der Waals surface area contributed by atoms with E-state index in [0.29, 0.717) is 42.6 Å². The molecule has 0 bridgehead atoms. The number of carbonyl (C=O) groups is 2. The molecule has 0 saturated heterocycles. The lowest BCUT2D eigenvalue weighted by atomic mass is 9.92. The van der Waals surface area contributed by atoms with Crippen molar-refractivity contribution in [1.29, 1.82) is 0 Å². The Bertz CT molecular complexity index is 938. The second kappa shape index (κ2) is 9.29. The van der Waals surface area contributed by atoms with Crippen LogP contribution in [0.5, 0.6) is 11.5 Å². The normalized spacial score (nSPS) is 15.0. The monoisotopic (exact) mass is 425 g/mol. The molecule has 0 radical (unpaired) electrons. The molecule has 2 aromatic rings. The van der Waals surface area contributed by atoms with Crippen molar-refractivity contribution >= 4 is 29.0 Å². The summed E-state index contributed by atoms with van der Waals surface area (Å²) in [4.78, 5) is 27.4. The Kier molecular flexibility index (Phi) is 6.73. The minimum Gasteiger partial charge on any atom is -0.494 e. The number of benzene rings is 2. The Labute approximate surface area is 183 Å². The molecule has 31 heavy (non-hydrogen) atoms. The molecule has 0 unspecified atom stereocenters. The number of rotatable bonds is 6. The molecule has 3 amide bonds. The number of carbonyl (C=O) groups excluding carboxylic acids is 2. The second-order valence-electron chi connectivity index (χ2n) is 8.70. The van der Waals surface area contributed by atoms with E-state index >= 15 is 0 Å². The lowest BCUT2D eigenvalue weighted by molar-refractivity contribution is -0.127. The Morgan fingerprint density at radius 3 is 2.42 bits per heavy atom. The Morgan fingerprint density at radius 2 is 1.77 bits per heavy atom. The van der Waals surface area contributed by atoms with Crippen LogP contribution in [0.1, 0.15) is 34.6 Å². The number of nitrogens with one attached hydrogen (secondary N) is 2. The van der Waals surface area contributed by atoms with E-state index in [2.05, 4.69) is 24.5 Å². The largest absolute Gasteiger partial charge is 0.494 e. The van der Waals surface area contributed by atoms with Gasteiger partial charge in [-0.15, -0.1) is 0 Å². The van der Waals surface area contributed by atoms with Gasteiger partial charge in [-0.1, -0.05) is 13.8 Å². The van der Waals surface area contributed by atoms with Crippen molar-refractivity contribution in [2.45, 2.75) is 34.6 Å². The van der Waals surface area contributed by atoms with Crippen LogP contribution in [-0.2, 0) is 4.79 Å². The summed E-state index contributed by atoms with van der Waals surface area (Å²) in [6.07, 6.45) is 0.